The van der Waals surface area contributed by atoms with E-state index in [1.807, 2.05) is 24.4 Å². The molecule has 152 valence electrons. The highest BCUT2D eigenvalue weighted by molar-refractivity contribution is 7.88. The van der Waals surface area contributed by atoms with Gasteiger partial charge in [-0.05, 0) is 29.2 Å². The van der Waals surface area contributed by atoms with Crippen molar-refractivity contribution in [3.05, 3.63) is 60.3 Å². The van der Waals surface area contributed by atoms with Crippen molar-refractivity contribution in [2.45, 2.75) is 19.4 Å². The summed E-state index contributed by atoms with van der Waals surface area (Å²) < 4.78 is 26.7. The molecule has 0 bridgehead atoms. The Morgan fingerprint density at radius 3 is 2.79 bits per heavy atom. The van der Waals surface area contributed by atoms with Crippen LogP contribution >= 0.6 is 0 Å². The van der Waals surface area contributed by atoms with Crippen LogP contribution in [0.5, 0.6) is 0 Å². The molecular weight excluding hydrogens is 388 g/mol. The first-order valence-electron chi connectivity index (χ1n) is 9.66. The number of hydrogen-bond donors (Lipinski definition) is 1. The number of amides is 1. The van der Waals surface area contributed by atoms with E-state index in [2.05, 4.69) is 34.7 Å². The number of benzene rings is 2. The van der Waals surface area contributed by atoms with Gasteiger partial charge in [0.25, 0.3) is 0 Å². The lowest BCUT2D eigenvalue weighted by Gasteiger charge is -2.29. The third-order valence-electron chi connectivity index (χ3n) is 5.33. The standard InChI is InChI=1S/C21H24N4O3S/c1-29(27,28)25-12-5-9-18(15-25)21(26)22-20-11-13-24(23-20)14-17-8-4-7-16-6-2-3-10-19(16)17/h2-4,6-8,10-11,13,18H,5,9,12,14-15H2,1H3,(H,22,23,26). The molecular formula is C21H24N4O3S. The summed E-state index contributed by atoms with van der Waals surface area (Å²) in [4.78, 5) is 12.6. The van der Waals surface area contributed by atoms with E-state index in [-0.39, 0.29) is 18.4 Å². The van der Waals surface area contributed by atoms with E-state index in [0.717, 1.165) is 5.56 Å². The van der Waals surface area contributed by atoms with Gasteiger partial charge in [-0.3, -0.25) is 9.48 Å². The molecule has 8 heteroatoms. The van der Waals surface area contributed by atoms with Crippen LogP contribution < -0.4 is 5.32 Å². The van der Waals surface area contributed by atoms with Crippen LogP contribution in [-0.2, 0) is 21.4 Å². The minimum absolute atomic E-state index is 0.186. The fourth-order valence-electron chi connectivity index (χ4n) is 3.81. The summed E-state index contributed by atoms with van der Waals surface area (Å²) in [6.07, 6.45) is 4.37. The molecule has 3 aromatic rings. The lowest BCUT2D eigenvalue weighted by atomic mass is 9.99. The molecule has 0 spiro atoms. The second-order valence-corrected chi connectivity index (χ2v) is 9.47. The van der Waals surface area contributed by atoms with Crippen molar-refractivity contribution in [3.8, 4) is 0 Å². The number of nitrogens with one attached hydrogen (secondary N) is 1. The van der Waals surface area contributed by atoms with Crippen molar-refractivity contribution in [2.24, 2.45) is 5.92 Å². The van der Waals surface area contributed by atoms with E-state index in [4.69, 9.17) is 0 Å². The number of piperidine rings is 1. The Balaban J connectivity index is 1.43. The first kappa shape index (κ1) is 19.6. The zero-order valence-electron chi connectivity index (χ0n) is 16.3. The normalized spacial score (nSPS) is 18.0. The summed E-state index contributed by atoms with van der Waals surface area (Å²) in [6.45, 7) is 1.30. The van der Waals surface area contributed by atoms with Crippen LogP contribution in [0.2, 0.25) is 0 Å². The SMILES string of the molecule is CS(=O)(=O)N1CCCC(C(=O)Nc2ccn(Cc3cccc4ccccc34)n2)C1. The topological polar surface area (TPSA) is 84.3 Å². The van der Waals surface area contributed by atoms with Gasteiger partial charge in [-0.1, -0.05) is 42.5 Å². The quantitative estimate of drug-likeness (QED) is 0.698. The number of nitrogens with zero attached hydrogens (tertiary/aromatic N) is 3. The Bertz CT molecular complexity index is 1130. The summed E-state index contributed by atoms with van der Waals surface area (Å²) in [5.74, 6) is -0.0674. The Morgan fingerprint density at radius 1 is 1.17 bits per heavy atom. The van der Waals surface area contributed by atoms with Crippen LogP contribution in [0.1, 0.15) is 18.4 Å². The van der Waals surface area contributed by atoms with Crippen LogP contribution in [0.25, 0.3) is 10.8 Å². The molecule has 2 heterocycles. The lowest BCUT2D eigenvalue weighted by Crippen LogP contribution is -2.43. The lowest BCUT2D eigenvalue weighted by molar-refractivity contribution is -0.120. The number of rotatable bonds is 5. The van der Waals surface area contributed by atoms with Crippen molar-refractivity contribution in [3.63, 3.8) is 0 Å². The third-order valence-corrected chi connectivity index (χ3v) is 6.60. The summed E-state index contributed by atoms with van der Waals surface area (Å²) in [5, 5.41) is 9.66. The molecule has 1 atom stereocenters. The second kappa shape index (κ2) is 7.96. The van der Waals surface area contributed by atoms with Crippen LogP contribution in [0.3, 0.4) is 0 Å². The van der Waals surface area contributed by atoms with Gasteiger partial charge in [0, 0.05) is 25.4 Å². The first-order valence-corrected chi connectivity index (χ1v) is 11.5. The molecule has 1 fully saturated rings. The Kier molecular flexibility index (Phi) is 5.38. The average Bonchev–Trinajstić information content (AvgIpc) is 3.14. The van der Waals surface area contributed by atoms with E-state index in [0.29, 0.717) is 31.7 Å². The minimum Gasteiger partial charge on any atom is -0.309 e. The number of aromatic nitrogens is 2. The molecule has 0 aliphatic carbocycles. The van der Waals surface area contributed by atoms with E-state index in [1.54, 1.807) is 10.7 Å². The molecule has 0 radical (unpaired) electrons. The Hall–Kier alpha value is -2.71. The highest BCUT2D eigenvalue weighted by atomic mass is 32.2. The fourth-order valence-corrected chi connectivity index (χ4v) is 4.72. The molecule has 1 aliphatic heterocycles. The molecule has 2 aromatic carbocycles. The van der Waals surface area contributed by atoms with Gasteiger partial charge < -0.3 is 5.32 Å². The highest BCUT2D eigenvalue weighted by Gasteiger charge is 2.30. The maximum atomic E-state index is 12.6. The van der Waals surface area contributed by atoms with Gasteiger partial charge in [0.15, 0.2) is 5.82 Å². The van der Waals surface area contributed by atoms with Crippen LogP contribution in [0.4, 0.5) is 5.82 Å². The minimum atomic E-state index is -3.28. The molecule has 4 rings (SSSR count). The average molecular weight is 413 g/mol. The number of carbonyl (C=O) groups is 1. The van der Waals surface area contributed by atoms with E-state index in [9.17, 15) is 13.2 Å². The number of fused-ring (bicyclic) bond motifs is 1. The monoisotopic (exact) mass is 412 g/mol. The smallest absolute Gasteiger partial charge is 0.230 e. The second-order valence-electron chi connectivity index (χ2n) is 7.49. The van der Waals surface area contributed by atoms with Gasteiger partial charge >= 0.3 is 0 Å². The van der Waals surface area contributed by atoms with E-state index < -0.39 is 10.0 Å². The summed E-state index contributed by atoms with van der Waals surface area (Å²) >= 11 is 0. The zero-order chi connectivity index (χ0) is 20.4. The largest absolute Gasteiger partial charge is 0.309 e. The van der Waals surface area contributed by atoms with E-state index >= 15 is 0 Å². The van der Waals surface area contributed by atoms with Crippen LogP contribution in [0.15, 0.2) is 54.7 Å². The van der Waals surface area contributed by atoms with Gasteiger partial charge in [0.2, 0.25) is 15.9 Å². The summed E-state index contributed by atoms with van der Waals surface area (Å²) in [6, 6.07) is 16.2. The number of anilines is 1. The van der Waals surface area contributed by atoms with Crippen molar-refractivity contribution >= 4 is 32.5 Å². The molecule has 1 saturated heterocycles. The van der Waals surface area contributed by atoms with Crippen molar-refractivity contribution < 1.29 is 13.2 Å². The molecule has 1 aromatic heterocycles. The maximum absolute atomic E-state index is 12.6. The van der Waals surface area contributed by atoms with Gasteiger partial charge in [-0.2, -0.15) is 5.10 Å². The van der Waals surface area contributed by atoms with Crippen molar-refractivity contribution in [2.75, 3.05) is 24.7 Å². The Morgan fingerprint density at radius 2 is 1.97 bits per heavy atom. The van der Waals surface area contributed by atoms with Crippen molar-refractivity contribution in [1.29, 1.82) is 0 Å². The van der Waals surface area contributed by atoms with Crippen molar-refractivity contribution in [1.82, 2.24) is 14.1 Å². The van der Waals surface area contributed by atoms with E-state index in [1.165, 1.54) is 21.3 Å². The molecule has 0 saturated carbocycles. The predicted molar refractivity (Wildman–Crippen MR) is 113 cm³/mol. The molecule has 29 heavy (non-hydrogen) atoms. The highest BCUT2D eigenvalue weighted by Crippen LogP contribution is 2.21. The predicted octanol–water partition coefficient (Wildman–Crippen LogP) is 2.69. The third kappa shape index (κ3) is 4.49. The van der Waals surface area contributed by atoms with Crippen LogP contribution in [-0.4, -0.2) is 47.8 Å². The molecule has 1 aliphatic rings. The summed E-state index contributed by atoms with van der Waals surface area (Å²) in [5.41, 5.74) is 1.15. The molecule has 1 unspecified atom stereocenters. The first-order chi connectivity index (χ1) is 13.9. The van der Waals surface area contributed by atoms with Gasteiger partial charge in [-0.15, -0.1) is 0 Å². The van der Waals surface area contributed by atoms with Gasteiger partial charge in [0.1, 0.15) is 0 Å². The zero-order valence-corrected chi connectivity index (χ0v) is 17.1. The Labute approximate surface area is 170 Å². The van der Waals surface area contributed by atoms with Crippen LogP contribution in [0, 0.1) is 5.92 Å². The number of carbonyl (C=O) groups excluding carboxylic acids is 1. The summed E-state index contributed by atoms with van der Waals surface area (Å²) in [7, 11) is -3.28. The molecule has 7 nitrogen and oxygen atoms in total. The fraction of sp³-hybridized carbons (Fsp3) is 0.333. The maximum Gasteiger partial charge on any atom is 0.230 e. The number of sulfonamides is 1. The van der Waals surface area contributed by atoms with Gasteiger partial charge in [0.05, 0.1) is 18.7 Å². The molecule has 1 N–H and O–H groups in total. The number of hydrogen-bond acceptors (Lipinski definition) is 4. The molecule has 1 amide bonds. The van der Waals surface area contributed by atoms with Gasteiger partial charge in [-0.25, -0.2) is 12.7 Å².